The molecule has 1 fully saturated rings. The van der Waals surface area contributed by atoms with Crippen molar-refractivity contribution in [3.05, 3.63) is 0 Å². The van der Waals surface area contributed by atoms with Crippen molar-refractivity contribution in [2.24, 2.45) is 0 Å². The molecule has 0 unspecified atom stereocenters. The number of hydrogen-bond acceptors (Lipinski definition) is 5. The summed E-state index contributed by atoms with van der Waals surface area (Å²) in [5, 5.41) is 0. The maximum absolute atomic E-state index is 6.35. The van der Waals surface area contributed by atoms with Crippen LogP contribution in [0.4, 0.5) is 0 Å². The highest BCUT2D eigenvalue weighted by Gasteiger charge is 2.46. The Bertz CT molecular complexity index is 352. The Hall–Kier alpha value is -0.200. The molecule has 28 heavy (non-hydrogen) atoms. The fraction of sp³-hybridized carbons (Fsp3) is 1.00. The summed E-state index contributed by atoms with van der Waals surface area (Å²) in [7, 11) is 0. The monoisotopic (exact) mass is 402 g/mol. The molecule has 1 heterocycles. The summed E-state index contributed by atoms with van der Waals surface area (Å²) in [6.07, 6.45) is 8.20. The van der Waals surface area contributed by atoms with Crippen molar-refractivity contribution in [2.45, 2.75) is 117 Å². The van der Waals surface area contributed by atoms with E-state index in [1.165, 1.54) is 0 Å². The zero-order valence-electron chi connectivity index (χ0n) is 19.1. The van der Waals surface area contributed by atoms with Crippen LogP contribution in [0.15, 0.2) is 0 Å². The quantitative estimate of drug-likeness (QED) is 0.315. The van der Waals surface area contributed by atoms with E-state index in [2.05, 4.69) is 34.6 Å². The molecule has 0 aromatic heterocycles. The standard InChI is InChI=1S/C23H46O5/c1-6-10-14-24-18-20-22(26-16-12-8-3)23(27-17-13-9-4)21(19(5)28-20)25-15-11-7-2/h19-23H,6-18H2,1-5H3/t19-,20+,21-,22+,23+/m0/s1. The highest BCUT2D eigenvalue weighted by molar-refractivity contribution is 4.94. The van der Waals surface area contributed by atoms with Gasteiger partial charge in [0.05, 0.1) is 12.7 Å². The molecule has 0 radical (unpaired) electrons. The molecule has 168 valence electrons. The fourth-order valence-corrected chi connectivity index (χ4v) is 3.39. The molecule has 0 aromatic rings. The first-order valence-electron chi connectivity index (χ1n) is 11.8. The molecule has 1 aliphatic heterocycles. The number of ether oxygens (including phenoxy) is 5. The first-order valence-corrected chi connectivity index (χ1v) is 11.8. The summed E-state index contributed by atoms with van der Waals surface area (Å²) < 4.78 is 31.1. The van der Waals surface area contributed by atoms with Gasteiger partial charge in [-0.05, 0) is 32.6 Å². The minimum Gasteiger partial charge on any atom is -0.379 e. The third kappa shape index (κ3) is 9.53. The lowest BCUT2D eigenvalue weighted by molar-refractivity contribution is -0.262. The van der Waals surface area contributed by atoms with Crippen molar-refractivity contribution in [2.75, 3.05) is 33.0 Å². The number of rotatable bonds is 17. The van der Waals surface area contributed by atoms with Crippen molar-refractivity contribution < 1.29 is 23.7 Å². The molecular weight excluding hydrogens is 356 g/mol. The van der Waals surface area contributed by atoms with Crippen molar-refractivity contribution >= 4 is 0 Å². The van der Waals surface area contributed by atoms with Crippen molar-refractivity contribution in [3.8, 4) is 0 Å². The molecule has 1 aliphatic rings. The van der Waals surface area contributed by atoms with Gasteiger partial charge in [0, 0.05) is 26.4 Å². The van der Waals surface area contributed by atoms with E-state index in [1.807, 2.05) is 0 Å². The van der Waals surface area contributed by atoms with E-state index in [-0.39, 0.29) is 30.5 Å². The van der Waals surface area contributed by atoms with E-state index in [9.17, 15) is 0 Å². The second-order valence-corrected chi connectivity index (χ2v) is 7.88. The SMILES string of the molecule is CCCCOC[C@H]1O[C@@H](C)[C@H](OCCCC)[C@@H](OCCCC)[C@@H]1OCCCC. The van der Waals surface area contributed by atoms with E-state index in [0.29, 0.717) is 6.61 Å². The lowest BCUT2D eigenvalue weighted by Crippen LogP contribution is -2.60. The van der Waals surface area contributed by atoms with Gasteiger partial charge in [0.2, 0.25) is 0 Å². The highest BCUT2D eigenvalue weighted by atomic mass is 16.6. The largest absolute Gasteiger partial charge is 0.379 e. The van der Waals surface area contributed by atoms with E-state index in [4.69, 9.17) is 23.7 Å². The van der Waals surface area contributed by atoms with Crippen LogP contribution in [-0.2, 0) is 23.7 Å². The predicted octanol–water partition coefficient (Wildman–Crippen LogP) is 5.15. The Kier molecular flexibility index (Phi) is 15.3. The summed E-state index contributed by atoms with van der Waals surface area (Å²) in [6.45, 7) is 14.3. The Morgan fingerprint density at radius 1 is 0.607 bits per heavy atom. The van der Waals surface area contributed by atoms with Crippen LogP contribution in [0.1, 0.15) is 86.0 Å². The Balaban J connectivity index is 2.84. The Morgan fingerprint density at radius 3 is 1.61 bits per heavy atom. The predicted molar refractivity (Wildman–Crippen MR) is 114 cm³/mol. The third-order valence-electron chi connectivity index (χ3n) is 5.22. The molecule has 1 saturated heterocycles. The molecule has 0 aromatic carbocycles. The molecule has 0 spiro atoms. The van der Waals surface area contributed by atoms with Crippen LogP contribution in [0.3, 0.4) is 0 Å². The first kappa shape index (κ1) is 25.8. The third-order valence-corrected chi connectivity index (χ3v) is 5.22. The molecule has 5 nitrogen and oxygen atoms in total. The minimum absolute atomic E-state index is 0.0331. The van der Waals surface area contributed by atoms with Crippen LogP contribution in [0.5, 0.6) is 0 Å². The lowest BCUT2D eigenvalue weighted by Gasteiger charge is -2.45. The summed E-state index contributed by atoms with van der Waals surface area (Å²) in [5.41, 5.74) is 0. The van der Waals surface area contributed by atoms with Crippen LogP contribution in [-0.4, -0.2) is 63.6 Å². The van der Waals surface area contributed by atoms with Crippen LogP contribution in [0, 0.1) is 0 Å². The minimum atomic E-state index is -0.146. The van der Waals surface area contributed by atoms with E-state index < -0.39 is 0 Å². The molecule has 0 saturated carbocycles. The highest BCUT2D eigenvalue weighted by Crippen LogP contribution is 2.29. The summed E-state index contributed by atoms with van der Waals surface area (Å²) >= 11 is 0. The van der Waals surface area contributed by atoms with E-state index >= 15 is 0 Å². The molecule has 0 amide bonds. The maximum atomic E-state index is 6.35. The van der Waals surface area contributed by atoms with Crippen molar-refractivity contribution in [1.82, 2.24) is 0 Å². The molecule has 1 rings (SSSR count). The van der Waals surface area contributed by atoms with Gasteiger partial charge in [-0.2, -0.15) is 0 Å². The zero-order chi connectivity index (χ0) is 20.6. The van der Waals surface area contributed by atoms with Gasteiger partial charge in [0.15, 0.2) is 0 Å². The van der Waals surface area contributed by atoms with Crippen LogP contribution >= 0.6 is 0 Å². The Morgan fingerprint density at radius 2 is 1.07 bits per heavy atom. The zero-order valence-corrected chi connectivity index (χ0v) is 19.1. The summed E-state index contributed by atoms with van der Waals surface area (Å²) in [6, 6.07) is 0. The summed E-state index contributed by atoms with van der Waals surface area (Å²) in [4.78, 5) is 0. The maximum Gasteiger partial charge on any atom is 0.115 e. The topological polar surface area (TPSA) is 46.2 Å². The van der Waals surface area contributed by atoms with Gasteiger partial charge in [0.1, 0.15) is 24.4 Å². The van der Waals surface area contributed by atoms with Crippen molar-refractivity contribution in [1.29, 1.82) is 0 Å². The van der Waals surface area contributed by atoms with Gasteiger partial charge < -0.3 is 23.7 Å². The molecule has 5 atom stereocenters. The molecular formula is C23H46O5. The van der Waals surface area contributed by atoms with E-state index in [0.717, 1.165) is 77.8 Å². The van der Waals surface area contributed by atoms with Gasteiger partial charge >= 0.3 is 0 Å². The first-order chi connectivity index (χ1) is 13.7. The fourth-order valence-electron chi connectivity index (χ4n) is 3.39. The Labute approximate surface area is 173 Å². The van der Waals surface area contributed by atoms with Gasteiger partial charge in [-0.3, -0.25) is 0 Å². The second kappa shape index (κ2) is 16.6. The van der Waals surface area contributed by atoms with Crippen LogP contribution in [0.25, 0.3) is 0 Å². The van der Waals surface area contributed by atoms with Gasteiger partial charge in [-0.25, -0.2) is 0 Å². The molecule has 5 heteroatoms. The molecule has 0 aliphatic carbocycles. The van der Waals surface area contributed by atoms with Gasteiger partial charge in [0.25, 0.3) is 0 Å². The smallest absolute Gasteiger partial charge is 0.115 e. The summed E-state index contributed by atoms with van der Waals surface area (Å²) in [5.74, 6) is 0. The average molecular weight is 403 g/mol. The van der Waals surface area contributed by atoms with E-state index in [1.54, 1.807) is 0 Å². The van der Waals surface area contributed by atoms with Crippen LogP contribution < -0.4 is 0 Å². The van der Waals surface area contributed by atoms with Gasteiger partial charge in [-0.15, -0.1) is 0 Å². The average Bonchev–Trinajstić information content (AvgIpc) is 2.69. The molecule has 0 N–H and O–H groups in total. The normalized spacial score (nSPS) is 28.0. The molecule has 0 bridgehead atoms. The van der Waals surface area contributed by atoms with Gasteiger partial charge in [-0.1, -0.05) is 53.4 Å². The second-order valence-electron chi connectivity index (χ2n) is 7.88. The van der Waals surface area contributed by atoms with Crippen LogP contribution in [0.2, 0.25) is 0 Å². The number of hydrogen-bond donors (Lipinski definition) is 0. The van der Waals surface area contributed by atoms with Crippen molar-refractivity contribution in [3.63, 3.8) is 0 Å². The lowest BCUT2D eigenvalue weighted by atomic mass is 9.95. The number of unbranched alkanes of at least 4 members (excludes halogenated alkanes) is 4.